The van der Waals surface area contributed by atoms with E-state index in [1.54, 1.807) is 39.7 Å². The second kappa shape index (κ2) is 21.0. The van der Waals surface area contributed by atoms with Crippen molar-refractivity contribution in [3.05, 3.63) is 125 Å². The summed E-state index contributed by atoms with van der Waals surface area (Å²) < 4.78 is 53.4. The van der Waals surface area contributed by atoms with Crippen molar-refractivity contribution in [2.24, 2.45) is 13.0 Å². The fraction of sp³-hybridized carbons (Fsp3) is 0.386. The summed E-state index contributed by atoms with van der Waals surface area (Å²) in [7, 11) is 1.75. The summed E-state index contributed by atoms with van der Waals surface area (Å²) in [6.07, 6.45) is 1.62. The Morgan fingerprint density at radius 2 is 1.70 bits per heavy atom. The molecule has 3 aliphatic heterocycles. The van der Waals surface area contributed by atoms with Gasteiger partial charge in [0, 0.05) is 68.4 Å². The van der Waals surface area contributed by atoms with Crippen LogP contribution in [-0.4, -0.2) is 104 Å². The molecule has 2 atom stereocenters. The number of aromatic carboxylic acids is 1. The van der Waals surface area contributed by atoms with Crippen LogP contribution in [0.4, 0.5) is 29.8 Å². The van der Waals surface area contributed by atoms with Gasteiger partial charge in [0.1, 0.15) is 17.6 Å². The van der Waals surface area contributed by atoms with Gasteiger partial charge in [0.2, 0.25) is 11.8 Å². The van der Waals surface area contributed by atoms with Crippen LogP contribution in [0.15, 0.2) is 91.0 Å². The zero-order valence-corrected chi connectivity index (χ0v) is 43.1. The fourth-order valence-electron chi connectivity index (χ4n) is 11.7. The summed E-state index contributed by atoms with van der Waals surface area (Å²) in [6, 6.07) is 26.5. The fourth-order valence-corrected chi connectivity index (χ4v) is 12.6. The highest BCUT2D eigenvalue weighted by molar-refractivity contribution is 7.22. The van der Waals surface area contributed by atoms with Gasteiger partial charge in [-0.15, -0.1) is 0 Å². The number of nitrogens with zero attached hydrogens (tertiary/aromatic N) is 7. The Morgan fingerprint density at radius 1 is 0.882 bits per heavy atom. The first kappa shape index (κ1) is 50.8. The molecule has 3 fully saturated rings. The quantitative estimate of drug-likeness (QED) is 0.0934. The molecule has 4 aromatic carbocycles. The van der Waals surface area contributed by atoms with E-state index in [0.29, 0.717) is 102 Å². The molecule has 2 saturated heterocycles. The van der Waals surface area contributed by atoms with Crippen LogP contribution in [0.3, 0.4) is 0 Å². The van der Waals surface area contributed by atoms with Crippen LogP contribution in [0, 0.1) is 12.8 Å². The van der Waals surface area contributed by atoms with Gasteiger partial charge in [0.05, 0.1) is 33.4 Å². The van der Waals surface area contributed by atoms with E-state index in [0.717, 1.165) is 64.4 Å². The highest BCUT2D eigenvalue weighted by Crippen LogP contribution is 2.39. The number of carboxylic acids is 1. The van der Waals surface area contributed by atoms with Gasteiger partial charge < -0.3 is 19.6 Å². The first-order valence-electron chi connectivity index (χ1n) is 26.0. The van der Waals surface area contributed by atoms with Gasteiger partial charge >= 0.3 is 12.1 Å². The maximum Gasteiger partial charge on any atom is 0.405 e. The SMILES string of the molecule is Cc1c(OC2CCC(CCCN3CCN(c4ccc5c([C@@H]6CCC(=O)NC6=O)nn(C)c5c4)C[C@H]3C(F)(F)F)CC2)cccc1-c1ccc(N2CCc3cccc(C(=O)Nc4nc5ccccc5s4)c3C2)nc1C(=O)O. The zero-order chi connectivity index (χ0) is 52.8. The molecule has 0 spiro atoms. The number of para-hydroxylation sites is 1. The van der Waals surface area contributed by atoms with Crippen LogP contribution in [0.2, 0.25) is 0 Å². The van der Waals surface area contributed by atoms with Crippen molar-refractivity contribution >= 4 is 72.8 Å². The van der Waals surface area contributed by atoms with Crippen LogP contribution in [0.25, 0.3) is 32.2 Å². The van der Waals surface area contributed by atoms with E-state index in [4.69, 9.17) is 9.72 Å². The highest BCUT2D eigenvalue weighted by atomic mass is 32.1. The standard InChI is InChI=1S/C57H58F3N9O6S/c1-33-38(39-21-23-49(62-52(39)55(73)74)69-27-25-35-9-5-11-40(43(35)31-69)53(71)64-56-61-44-12-3-4-14-47(44)76-56)10-6-13-46(33)75-37-18-15-34(16-19-37)8-7-26-67-28-29-68(32-48(67)57(58,59)60)36-17-20-41-45(30-36)66(2)65-51(41)42-22-24-50(70)63-54(42)72/h3-6,9-14,17,20-21,23,30,34,37,42,48H,7-8,15-16,18-19,22,24-29,31-32H2,1-2H3,(H,73,74)(H,61,64,71)(H,63,70,72)/t34?,37?,42-,48-/m0/s1. The molecule has 0 unspecified atom stereocenters. The van der Waals surface area contributed by atoms with Gasteiger partial charge in [0.15, 0.2) is 10.8 Å². The summed E-state index contributed by atoms with van der Waals surface area (Å²) in [6.45, 7) is 3.75. The monoisotopic (exact) mass is 1050 g/mol. The zero-order valence-electron chi connectivity index (χ0n) is 42.2. The summed E-state index contributed by atoms with van der Waals surface area (Å²) in [5.74, 6) is -1.15. The molecule has 3 aromatic heterocycles. The van der Waals surface area contributed by atoms with E-state index in [9.17, 15) is 37.5 Å². The Balaban J connectivity index is 0.688. The number of halogens is 3. The number of fused-ring (bicyclic) bond motifs is 3. The van der Waals surface area contributed by atoms with Crippen molar-refractivity contribution < 1.29 is 42.2 Å². The maximum absolute atomic E-state index is 14.7. The summed E-state index contributed by atoms with van der Waals surface area (Å²) in [5, 5.41) is 21.8. The van der Waals surface area contributed by atoms with Crippen LogP contribution in [0.1, 0.15) is 101 Å². The number of ether oxygens (including phenoxy) is 1. The Morgan fingerprint density at radius 3 is 2.49 bits per heavy atom. The highest BCUT2D eigenvalue weighted by Gasteiger charge is 2.46. The largest absolute Gasteiger partial charge is 0.490 e. The van der Waals surface area contributed by atoms with Crippen molar-refractivity contribution in [1.82, 2.24) is 30.0 Å². The minimum atomic E-state index is -4.42. The number of benzene rings is 4. The smallest absolute Gasteiger partial charge is 0.405 e. The molecular weight excluding hydrogens is 996 g/mol. The topological polar surface area (TPSA) is 175 Å². The lowest BCUT2D eigenvalue weighted by atomic mass is 9.84. The van der Waals surface area contributed by atoms with E-state index in [1.165, 1.54) is 11.3 Å². The van der Waals surface area contributed by atoms with E-state index in [-0.39, 0.29) is 49.0 Å². The number of pyridine rings is 1. The average molecular weight is 1050 g/mol. The predicted octanol–water partition coefficient (Wildman–Crippen LogP) is 10.1. The van der Waals surface area contributed by atoms with E-state index in [1.807, 2.05) is 84.6 Å². The van der Waals surface area contributed by atoms with E-state index < -0.39 is 24.1 Å². The van der Waals surface area contributed by atoms with E-state index in [2.05, 4.69) is 20.7 Å². The third kappa shape index (κ3) is 10.3. The molecule has 1 aliphatic carbocycles. The van der Waals surface area contributed by atoms with E-state index >= 15 is 0 Å². The van der Waals surface area contributed by atoms with Crippen LogP contribution in [0.5, 0.6) is 5.75 Å². The molecule has 11 rings (SSSR count). The number of hydrogen-bond donors (Lipinski definition) is 3. The molecule has 76 heavy (non-hydrogen) atoms. The normalized spacial score (nSPS) is 20.4. The Kier molecular flexibility index (Phi) is 14.0. The number of thiazole rings is 1. The number of imide groups is 1. The third-order valence-corrected chi connectivity index (χ3v) is 16.8. The molecule has 4 aliphatic rings. The first-order chi connectivity index (χ1) is 36.6. The number of carbonyl (C=O) groups excluding carboxylic acids is 3. The van der Waals surface area contributed by atoms with Crippen LogP contribution in [-0.2, 0) is 29.6 Å². The molecule has 7 aromatic rings. The van der Waals surface area contributed by atoms with Crippen molar-refractivity contribution in [1.29, 1.82) is 0 Å². The molecular formula is C57H58F3N9O6S. The Labute approximate surface area is 441 Å². The van der Waals surface area contributed by atoms with Crippen molar-refractivity contribution in [3.8, 4) is 16.9 Å². The number of carboxylic acid groups (broad SMARTS) is 1. The predicted molar refractivity (Wildman–Crippen MR) is 285 cm³/mol. The molecule has 3 N–H and O–H groups in total. The van der Waals surface area contributed by atoms with Crippen molar-refractivity contribution in [3.63, 3.8) is 0 Å². The number of piperazine rings is 1. The molecule has 3 amide bonds. The van der Waals surface area contributed by atoms with Crippen molar-refractivity contribution in [2.75, 3.05) is 47.8 Å². The van der Waals surface area contributed by atoms with Gasteiger partial charge in [-0.25, -0.2) is 14.8 Å². The lowest BCUT2D eigenvalue weighted by Gasteiger charge is -2.43. The Hall–Kier alpha value is -7.38. The summed E-state index contributed by atoms with van der Waals surface area (Å²) in [5.41, 5.74) is 7.09. The number of piperidine rings is 1. The van der Waals surface area contributed by atoms with Crippen LogP contribution < -0.4 is 25.2 Å². The number of nitrogens with one attached hydrogen (secondary N) is 2. The molecule has 15 nitrogen and oxygen atoms in total. The molecule has 394 valence electrons. The van der Waals surface area contributed by atoms with Crippen molar-refractivity contribution in [2.45, 2.75) is 95.5 Å². The summed E-state index contributed by atoms with van der Waals surface area (Å²) >= 11 is 1.41. The third-order valence-electron chi connectivity index (χ3n) is 15.8. The van der Waals surface area contributed by atoms with Gasteiger partial charge in [-0.05, 0) is 148 Å². The number of alkyl halides is 3. The number of hydrogen-bond acceptors (Lipinski definition) is 12. The molecule has 6 heterocycles. The number of aryl methyl sites for hydroxylation is 1. The number of aromatic nitrogens is 4. The molecule has 0 bridgehead atoms. The van der Waals surface area contributed by atoms with Gasteiger partial charge in [-0.3, -0.25) is 34.6 Å². The molecule has 1 saturated carbocycles. The second-order valence-corrected chi connectivity index (χ2v) is 21.5. The second-order valence-electron chi connectivity index (χ2n) is 20.5. The number of rotatable bonds is 13. The van der Waals surface area contributed by atoms with Gasteiger partial charge in [0.25, 0.3) is 5.91 Å². The van der Waals surface area contributed by atoms with Gasteiger partial charge in [-0.2, -0.15) is 18.3 Å². The first-order valence-corrected chi connectivity index (χ1v) is 26.9. The maximum atomic E-state index is 14.7. The number of carbonyl (C=O) groups is 4. The minimum absolute atomic E-state index is 0.0583. The average Bonchev–Trinajstić information content (AvgIpc) is 3.99. The Bertz CT molecular complexity index is 3360. The molecule has 0 radical (unpaired) electrons. The summed E-state index contributed by atoms with van der Waals surface area (Å²) in [4.78, 5) is 65.6. The van der Waals surface area contributed by atoms with Gasteiger partial charge in [-0.1, -0.05) is 47.7 Å². The van der Waals surface area contributed by atoms with Crippen LogP contribution >= 0.6 is 11.3 Å². The lowest BCUT2D eigenvalue weighted by Crippen LogP contribution is -2.59. The lowest BCUT2D eigenvalue weighted by molar-refractivity contribution is -0.184. The molecule has 19 heteroatoms. The number of anilines is 3. The number of amides is 3. The minimum Gasteiger partial charge on any atom is -0.490 e.